The van der Waals surface area contributed by atoms with Gasteiger partial charge in [0, 0.05) is 18.3 Å². The minimum Gasteiger partial charge on any atom is -0.462 e. The van der Waals surface area contributed by atoms with Gasteiger partial charge in [-0.3, -0.25) is 14.4 Å². The van der Waals surface area contributed by atoms with E-state index in [1.165, 1.54) is 6.92 Å². The molecule has 0 aromatic rings. The highest BCUT2D eigenvalue weighted by Crippen LogP contribution is 2.67. The van der Waals surface area contributed by atoms with E-state index in [0.29, 0.717) is 32.1 Å². The number of fused-ring (bicyclic) bond motifs is 5. The average Bonchev–Trinajstić information content (AvgIpc) is 3.90. The van der Waals surface area contributed by atoms with E-state index in [1.54, 1.807) is 6.92 Å². The van der Waals surface area contributed by atoms with E-state index >= 15 is 0 Å². The molecule has 30 atom stereocenters. The Morgan fingerprint density at radius 1 is 0.610 bits per heavy atom. The standard InChI is InChI=1S/C51H82O26/c1-19(18-69-46-41(66)37(62)34(59)27(14-52)72-46)5-8-32(58)71-26-12-25-23-7-6-21-11-22(9-10-50(21,3)24(23)13-31(57)51(25,4)33(26)20(2)56)70-47-43(68)40(65)44(30(17-55)75-47)76-49-45(39(64)36(61)29(16-54)74-49)77-48-42(67)38(63)35(60)28(15-53)73-48/h19,21-30,33-49,52-55,59-68H,5-18H2,1-4H3. The van der Waals surface area contributed by atoms with Gasteiger partial charge < -0.3 is 114 Å². The number of esters is 1. The largest absolute Gasteiger partial charge is 0.462 e. The van der Waals surface area contributed by atoms with Gasteiger partial charge in [-0.2, -0.15) is 0 Å². The molecule has 30 unspecified atom stereocenters. The molecule has 4 aliphatic heterocycles. The fourth-order valence-electron chi connectivity index (χ4n) is 14.3. The van der Waals surface area contributed by atoms with E-state index in [2.05, 4.69) is 6.92 Å². The predicted molar refractivity (Wildman–Crippen MR) is 254 cm³/mol. The van der Waals surface area contributed by atoms with Crippen LogP contribution in [0.3, 0.4) is 0 Å². The smallest absolute Gasteiger partial charge is 0.306 e. The molecule has 0 amide bonds. The van der Waals surface area contributed by atoms with Crippen molar-refractivity contribution in [3.05, 3.63) is 0 Å². The summed E-state index contributed by atoms with van der Waals surface area (Å²) in [6.07, 6.45) is -30.5. The van der Waals surface area contributed by atoms with Gasteiger partial charge in [-0.1, -0.05) is 20.8 Å². The molecule has 77 heavy (non-hydrogen) atoms. The topological polar surface area (TPSA) is 418 Å². The van der Waals surface area contributed by atoms with Gasteiger partial charge in [-0.05, 0) is 86.9 Å². The normalized spacial score (nSPS) is 50.5. The first kappa shape index (κ1) is 61.0. The first-order valence-electron chi connectivity index (χ1n) is 27.1. The SMILES string of the molecule is CC(=O)C1C(OC(=O)CCC(C)COC2OC(CO)C(O)C(O)C2O)CC2C3CCC4CC(OC5OC(CO)C(OC6OC(CO)C(O)C(O)C6OC6OC(CO)C(O)C(O)C6O)C(O)C5O)CCC4(C)C3CC(=O)C21C. The molecule has 26 nitrogen and oxygen atoms in total. The fraction of sp³-hybridized carbons (Fsp3) is 0.941. The molecule has 4 aliphatic carbocycles. The van der Waals surface area contributed by atoms with Gasteiger partial charge in [-0.15, -0.1) is 0 Å². The van der Waals surface area contributed by atoms with Gasteiger partial charge in [0.05, 0.1) is 45.1 Å². The van der Waals surface area contributed by atoms with Crippen molar-refractivity contribution in [2.45, 2.75) is 221 Å². The van der Waals surface area contributed by atoms with Crippen molar-refractivity contribution in [1.29, 1.82) is 0 Å². The Bertz CT molecular complexity index is 2000. The number of aliphatic hydroxyl groups is 14. The Morgan fingerprint density at radius 3 is 1.74 bits per heavy atom. The summed E-state index contributed by atoms with van der Waals surface area (Å²) in [6.45, 7) is 4.19. The molecule has 4 saturated carbocycles. The van der Waals surface area contributed by atoms with Gasteiger partial charge in [0.25, 0.3) is 0 Å². The van der Waals surface area contributed by atoms with Crippen LogP contribution in [0.15, 0.2) is 0 Å². The summed E-state index contributed by atoms with van der Waals surface area (Å²) in [6, 6.07) is 0. The van der Waals surface area contributed by atoms with Crippen LogP contribution in [0.25, 0.3) is 0 Å². The summed E-state index contributed by atoms with van der Waals surface area (Å²) in [5.41, 5.74) is -1.40. The second kappa shape index (κ2) is 24.8. The van der Waals surface area contributed by atoms with Crippen LogP contribution in [-0.4, -0.2) is 257 Å². The third kappa shape index (κ3) is 11.7. The molecule has 0 bridgehead atoms. The zero-order chi connectivity index (χ0) is 56.2. The molecule has 4 saturated heterocycles. The highest BCUT2D eigenvalue weighted by atomic mass is 16.8. The molecular formula is C51H82O26. The van der Waals surface area contributed by atoms with Gasteiger partial charge >= 0.3 is 5.97 Å². The maximum Gasteiger partial charge on any atom is 0.306 e. The highest BCUT2D eigenvalue weighted by molar-refractivity contribution is 5.94. The Morgan fingerprint density at radius 2 is 1.13 bits per heavy atom. The fourth-order valence-corrected chi connectivity index (χ4v) is 14.3. The van der Waals surface area contributed by atoms with Crippen LogP contribution in [0.1, 0.15) is 85.5 Å². The van der Waals surface area contributed by atoms with Crippen LogP contribution >= 0.6 is 0 Å². The quantitative estimate of drug-likeness (QED) is 0.0451. The molecule has 26 heteroatoms. The third-order valence-corrected chi connectivity index (χ3v) is 18.9. The minimum absolute atomic E-state index is 0.00419. The number of aliphatic hydroxyl groups excluding tert-OH is 14. The molecule has 14 N–H and O–H groups in total. The average molecular weight is 1110 g/mol. The molecule has 8 rings (SSSR count). The summed E-state index contributed by atoms with van der Waals surface area (Å²) in [7, 11) is 0. The number of carbonyl (C=O) groups is 3. The van der Waals surface area contributed by atoms with Gasteiger partial charge in [0.15, 0.2) is 25.2 Å². The van der Waals surface area contributed by atoms with Crippen LogP contribution in [0.5, 0.6) is 0 Å². The number of carbonyl (C=O) groups excluding carboxylic acids is 3. The van der Waals surface area contributed by atoms with Crippen LogP contribution in [0.4, 0.5) is 0 Å². The van der Waals surface area contributed by atoms with Crippen LogP contribution in [0.2, 0.25) is 0 Å². The third-order valence-electron chi connectivity index (χ3n) is 18.9. The number of rotatable bonds is 18. The molecule has 0 spiro atoms. The van der Waals surface area contributed by atoms with Gasteiger partial charge in [-0.25, -0.2) is 0 Å². The van der Waals surface area contributed by atoms with Crippen LogP contribution in [-0.2, 0) is 57.0 Å². The molecular weight excluding hydrogens is 1030 g/mol. The molecule has 8 aliphatic rings. The van der Waals surface area contributed by atoms with E-state index in [-0.39, 0.29) is 66.0 Å². The summed E-state index contributed by atoms with van der Waals surface area (Å²) >= 11 is 0. The molecule has 442 valence electrons. The van der Waals surface area contributed by atoms with Crippen molar-refractivity contribution in [1.82, 2.24) is 0 Å². The maximum atomic E-state index is 14.6. The lowest BCUT2D eigenvalue weighted by Crippen LogP contribution is -2.67. The van der Waals surface area contributed by atoms with Crippen LogP contribution < -0.4 is 0 Å². The number of ketones is 2. The summed E-state index contributed by atoms with van der Waals surface area (Å²) in [5.74, 6) is -2.15. The van der Waals surface area contributed by atoms with E-state index in [4.69, 9.17) is 42.6 Å². The molecule has 8 fully saturated rings. The van der Waals surface area contributed by atoms with Gasteiger partial charge in [0.1, 0.15) is 115 Å². The number of ether oxygens (including phenoxy) is 9. The zero-order valence-corrected chi connectivity index (χ0v) is 43.7. The Kier molecular flexibility index (Phi) is 19.6. The van der Waals surface area contributed by atoms with Crippen molar-refractivity contribution < 1.29 is 129 Å². The highest BCUT2D eigenvalue weighted by Gasteiger charge is 2.68. The number of hydrogen-bond acceptors (Lipinski definition) is 26. The van der Waals surface area contributed by atoms with Gasteiger partial charge in [0.2, 0.25) is 0 Å². The lowest BCUT2D eigenvalue weighted by atomic mass is 9.44. The van der Waals surface area contributed by atoms with Crippen molar-refractivity contribution in [3.8, 4) is 0 Å². The van der Waals surface area contributed by atoms with Crippen molar-refractivity contribution in [3.63, 3.8) is 0 Å². The Hall–Kier alpha value is -2.07. The maximum absolute atomic E-state index is 14.6. The van der Waals surface area contributed by atoms with E-state index in [0.717, 1.165) is 12.8 Å². The Balaban J connectivity index is 0.870. The van der Waals surface area contributed by atoms with E-state index < -0.39 is 179 Å². The number of Topliss-reactive ketones (excluding diaryl/α,β-unsaturated/α-hetero) is 2. The lowest BCUT2D eigenvalue weighted by Gasteiger charge is -2.60. The van der Waals surface area contributed by atoms with Crippen molar-refractivity contribution in [2.75, 3.05) is 33.0 Å². The monoisotopic (exact) mass is 1110 g/mol. The predicted octanol–water partition coefficient (Wildman–Crippen LogP) is -5.00. The zero-order valence-electron chi connectivity index (χ0n) is 43.7. The lowest BCUT2D eigenvalue weighted by molar-refractivity contribution is -0.390. The summed E-state index contributed by atoms with van der Waals surface area (Å²) < 4.78 is 52.4. The van der Waals surface area contributed by atoms with E-state index in [1.807, 2.05) is 6.92 Å². The second-order valence-corrected chi connectivity index (χ2v) is 23.4. The first-order chi connectivity index (χ1) is 36.4. The first-order valence-corrected chi connectivity index (χ1v) is 27.1. The molecule has 0 aromatic heterocycles. The number of hydrogen-bond donors (Lipinski definition) is 14. The minimum atomic E-state index is -1.95. The summed E-state index contributed by atoms with van der Waals surface area (Å²) in [5, 5.41) is 146. The van der Waals surface area contributed by atoms with Crippen LogP contribution in [0, 0.1) is 46.3 Å². The molecule has 0 radical (unpaired) electrons. The Labute approximate surface area is 445 Å². The van der Waals surface area contributed by atoms with Crippen molar-refractivity contribution in [2.24, 2.45) is 46.3 Å². The van der Waals surface area contributed by atoms with Crippen molar-refractivity contribution >= 4 is 17.5 Å². The molecule has 4 heterocycles. The molecule has 0 aromatic carbocycles. The van der Waals surface area contributed by atoms with E-state index in [9.17, 15) is 85.9 Å². The summed E-state index contributed by atoms with van der Waals surface area (Å²) in [4.78, 5) is 41.5. The second-order valence-electron chi connectivity index (χ2n) is 23.4.